The Morgan fingerprint density at radius 3 is 2.22 bits per heavy atom. The molecule has 0 spiro atoms. The van der Waals surface area contributed by atoms with Gasteiger partial charge in [0.2, 0.25) is 5.91 Å². The third kappa shape index (κ3) is 3.45. The molecule has 0 bridgehead atoms. The number of aliphatic carboxylic acids is 1. The van der Waals surface area contributed by atoms with Crippen molar-refractivity contribution in [1.82, 2.24) is 5.32 Å². The fourth-order valence-electron chi connectivity index (χ4n) is 2.85. The van der Waals surface area contributed by atoms with Crippen LogP contribution in [-0.4, -0.2) is 34.7 Å². The first-order valence-corrected chi connectivity index (χ1v) is 6.56. The molecule has 5 heteroatoms. The van der Waals surface area contributed by atoms with Crippen LogP contribution in [0.5, 0.6) is 0 Å². The van der Waals surface area contributed by atoms with Crippen molar-refractivity contribution in [2.45, 2.75) is 52.0 Å². The van der Waals surface area contributed by atoms with Crippen LogP contribution < -0.4 is 5.32 Å². The zero-order chi connectivity index (χ0) is 13.8. The fourth-order valence-corrected chi connectivity index (χ4v) is 2.85. The van der Waals surface area contributed by atoms with Crippen LogP contribution in [0.1, 0.15) is 46.0 Å². The molecule has 1 fully saturated rings. The van der Waals surface area contributed by atoms with Gasteiger partial charge in [0.15, 0.2) is 0 Å². The Morgan fingerprint density at radius 1 is 1.28 bits per heavy atom. The van der Waals surface area contributed by atoms with Gasteiger partial charge < -0.3 is 15.5 Å². The van der Waals surface area contributed by atoms with E-state index in [1.807, 2.05) is 0 Å². The Morgan fingerprint density at radius 2 is 1.83 bits per heavy atom. The molecule has 3 N–H and O–H groups in total. The highest BCUT2D eigenvalue weighted by Gasteiger charge is 2.42. The Balaban J connectivity index is 2.74. The van der Waals surface area contributed by atoms with E-state index in [0.717, 1.165) is 32.1 Å². The van der Waals surface area contributed by atoms with Gasteiger partial charge in [0.1, 0.15) is 6.04 Å². The monoisotopic (exact) mass is 257 g/mol. The summed E-state index contributed by atoms with van der Waals surface area (Å²) in [6.45, 7) is 3.56. The molecule has 18 heavy (non-hydrogen) atoms. The van der Waals surface area contributed by atoms with Gasteiger partial charge in [-0.25, -0.2) is 4.79 Å². The van der Waals surface area contributed by atoms with E-state index in [4.69, 9.17) is 10.2 Å². The molecule has 0 saturated heterocycles. The molecule has 0 aliphatic heterocycles. The number of carboxylic acid groups (broad SMARTS) is 1. The fraction of sp³-hybridized carbons (Fsp3) is 0.846. The number of carboxylic acids is 1. The molecule has 1 amide bonds. The van der Waals surface area contributed by atoms with Crippen molar-refractivity contribution in [3.05, 3.63) is 0 Å². The zero-order valence-corrected chi connectivity index (χ0v) is 11.1. The molecule has 1 atom stereocenters. The minimum Gasteiger partial charge on any atom is -0.480 e. The number of hydrogen-bond acceptors (Lipinski definition) is 3. The number of rotatable bonds is 6. The predicted octanol–water partition coefficient (Wildman–Crippen LogP) is 1.15. The maximum absolute atomic E-state index is 12.3. The van der Waals surface area contributed by atoms with E-state index < -0.39 is 24.0 Å². The summed E-state index contributed by atoms with van der Waals surface area (Å²) >= 11 is 0. The van der Waals surface area contributed by atoms with Crippen molar-refractivity contribution < 1.29 is 19.8 Å². The molecule has 0 aromatic heterocycles. The van der Waals surface area contributed by atoms with Crippen molar-refractivity contribution >= 4 is 11.9 Å². The second-order valence-corrected chi connectivity index (χ2v) is 5.63. The molecule has 0 radical (unpaired) electrons. The summed E-state index contributed by atoms with van der Waals surface area (Å²) in [5, 5.41) is 20.3. The smallest absolute Gasteiger partial charge is 0.328 e. The average molecular weight is 257 g/mol. The first-order valence-electron chi connectivity index (χ1n) is 6.56. The van der Waals surface area contributed by atoms with Crippen LogP contribution >= 0.6 is 0 Å². The Bertz CT molecular complexity index is 308. The maximum atomic E-state index is 12.3. The molecule has 0 aromatic rings. The molecule has 1 rings (SSSR count). The van der Waals surface area contributed by atoms with Gasteiger partial charge in [-0.3, -0.25) is 4.79 Å². The van der Waals surface area contributed by atoms with Crippen molar-refractivity contribution in [2.75, 3.05) is 6.61 Å². The summed E-state index contributed by atoms with van der Waals surface area (Å²) in [5.74, 6) is -1.01. The Hall–Kier alpha value is -1.10. The minimum atomic E-state index is -1.19. The molecular formula is C13H23NO4. The van der Waals surface area contributed by atoms with E-state index in [2.05, 4.69) is 19.2 Å². The van der Waals surface area contributed by atoms with Gasteiger partial charge in [-0.2, -0.15) is 0 Å². The molecule has 1 aliphatic rings. The molecule has 5 nitrogen and oxygen atoms in total. The largest absolute Gasteiger partial charge is 0.480 e. The van der Waals surface area contributed by atoms with Crippen LogP contribution in [0.4, 0.5) is 0 Å². The van der Waals surface area contributed by atoms with E-state index >= 15 is 0 Å². The van der Waals surface area contributed by atoms with Gasteiger partial charge in [0.25, 0.3) is 0 Å². The topological polar surface area (TPSA) is 86.6 Å². The number of aliphatic hydroxyl groups is 1. The van der Waals surface area contributed by atoms with Crippen LogP contribution in [0, 0.1) is 11.3 Å². The number of carbonyl (C=O) groups excluding carboxylic acids is 1. The number of amides is 1. The SMILES string of the molecule is CC(C)CC1(C(=O)NC(CO)C(=O)O)CCCC1. The normalized spacial score (nSPS) is 19.8. The van der Waals surface area contributed by atoms with Crippen LogP contribution in [-0.2, 0) is 9.59 Å². The summed E-state index contributed by atoms with van der Waals surface area (Å²) in [6, 6.07) is -1.19. The van der Waals surface area contributed by atoms with Crippen molar-refractivity contribution in [2.24, 2.45) is 11.3 Å². The minimum absolute atomic E-state index is 0.213. The van der Waals surface area contributed by atoms with Crippen molar-refractivity contribution in [3.8, 4) is 0 Å². The maximum Gasteiger partial charge on any atom is 0.328 e. The Kier molecular flexibility index (Phi) is 5.14. The first kappa shape index (κ1) is 15.0. The van der Waals surface area contributed by atoms with Crippen LogP contribution in [0.3, 0.4) is 0 Å². The van der Waals surface area contributed by atoms with Gasteiger partial charge >= 0.3 is 5.97 Å². The summed E-state index contributed by atoms with van der Waals surface area (Å²) in [7, 11) is 0. The molecule has 1 unspecified atom stereocenters. The third-order valence-corrected chi connectivity index (χ3v) is 3.63. The highest BCUT2D eigenvalue weighted by molar-refractivity contribution is 5.87. The lowest BCUT2D eigenvalue weighted by molar-refractivity contribution is -0.145. The van der Waals surface area contributed by atoms with Gasteiger partial charge in [0, 0.05) is 5.41 Å². The molecule has 1 aliphatic carbocycles. The van der Waals surface area contributed by atoms with Crippen molar-refractivity contribution in [1.29, 1.82) is 0 Å². The third-order valence-electron chi connectivity index (χ3n) is 3.63. The first-order chi connectivity index (χ1) is 8.41. The lowest BCUT2D eigenvalue weighted by Crippen LogP contribution is -2.49. The molecular weight excluding hydrogens is 234 g/mol. The van der Waals surface area contributed by atoms with E-state index in [1.165, 1.54) is 0 Å². The second kappa shape index (κ2) is 6.18. The standard InChI is InChI=1S/C13H23NO4/c1-9(2)7-13(5-3-4-6-13)12(18)14-10(8-15)11(16)17/h9-10,15H,3-8H2,1-2H3,(H,14,18)(H,16,17). The number of carbonyl (C=O) groups is 2. The van der Waals surface area contributed by atoms with Gasteiger partial charge in [-0.1, -0.05) is 26.7 Å². The quantitative estimate of drug-likeness (QED) is 0.666. The number of hydrogen-bond donors (Lipinski definition) is 3. The van der Waals surface area contributed by atoms with Gasteiger partial charge in [-0.05, 0) is 25.2 Å². The predicted molar refractivity (Wildman–Crippen MR) is 67.0 cm³/mol. The molecule has 1 saturated carbocycles. The summed E-state index contributed by atoms with van der Waals surface area (Å²) in [6.07, 6.45) is 4.42. The number of nitrogens with one attached hydrogen (secondary N) is 1. The zero-order valence-electron chi connectivity index (χ0n) is 11.1. The number of aliphatic hydroxyl groups excluding tert-OH is 1. The second-order valence-electron chi connectivity index (χ2n) is 5.63. The Labute approximate surface area is 108 Å². The molecule has 0 aromatic carbocycles. The van der Waals surface area contributed by atoms with Gasteiger partial charge in [0.05, 0.1) is 6.61 Å². The van der Waals surface area contributed by atoms with E-state index in [-0.39, 0.29) is 5.91 Å². The van der Waals surface area contributed by atoms with Crippen LogP contribution in [0.2, 0.25) is 0 Å². The van der Waals surface area contributed by atoms with Crippen molar-refractivity contribution in [3.63, 3.8) is 0 Å². The van der Waals surface area contributed by atoms with Crippen LogP contribution in [0.25, 0.3) is 0 Å². The van der Waals surface area contributed by atoms with E-state index in [1.54, 1.807) is 0 Å². The molecule has 104 valence electrons. The summed E-state index contributed by atoms with van der Waals surface area (Å²) in [5.41, 5.74) is -0.433. The summed E-state index contributed by atoms with van der Waals surface area (Å²) in [4.78, 5) is 23.1. The lowest BCUT2D eigenvalue weighted by atomic mass is 9.77. The highest BCUT2D eigenvalue weighted by atomic mass is 16.4. The molecule has 0 heterocycles. The average Bonchev–Trinajstić information content (AvgIpc) is 2.73. The summed E-state index contributed by atoms with van der Waals surface area (Å²) < 4.78 is 0. The lowest BCUT2D eigenvalue weighted by Gasteiger charge is -2.30. The van der Waals surface area contributed by atoms with E-state index in [9.17, 15) is 9.59 Å². The highest BCUT2D eigenvalue weighted by Crippen LogP contribution is 2.43. The van der Waals surface area contributed by atoms with Gasteiger partial charge in [-0.15, -0.1) is 0 Å². The van der Waals surface area contributed by atoms with Crippen LogP contribution in [0.15, 0.2) is 0 Å². The van der Waals surface area contributed by atoms with E-state index in [0.29, 0.717) is 5.92 Å².